The largest absolute Gasteiger partial charge is 0.507 e. The maximum Gasteiger partial charge on any atom is 0.231 e. The zero-order valence-electron chi connectivity index (χ0n) is 22.8. The normalized spacial score (nSPS) is 19.1. The highest BCUT2D eigenvalue weighted by Crippen LogP contribution is 2.38. The molecule has 5 rings (SSSR count). The second-order valence-corrected chi connectivity index (χ2v) is 10.2. The van der Waals surface area contributed by atoms with Crippen molar-refractivity contribution in [1.82, 2.24) is 0 Å². The third-order valence-electron chi connectivity index (χ3n) is 7.28. The van der Waals surface area contributed by atoms with Crippen LogP contribution in [-0.2, 0) is 11.3 Å². The Morgan fingerprint density at radius 2 is 1.72 bits per heavy atom. The van der Waals surface area contributed by atoms with Gasteiger partial charge in [0, 0.05) is 6.42 Å². The van der Waals surface area contributed by atoms with Crippen LogP contribution in [0.5, 0.6) is 17.2 Å². The Labute approximate surface area is 229 Å². The molecule has 1 saturated carbocycles. The lowest BCUT2D eigenvalue weighted by molar-refractivity contribution is -0.115. The number of rotatable bonds is 6. The van der Waals surface area contributed by atoms with Crippen LogP contribution in [0.4, 0.5) is 0 Å². The van der Waals surface area contributed by atoms with Gasteiger partial charge in [0.2, 0.25) is 6.79 Å². The van der Waals surface area contributed by atoms with Crippen LogP contribution in [0.1, 0.15) is 52.1 Å². The Balaban J connectivity index is 1.49. The lowest BCUT2D eigenvalue weighted by Crippen LogP contribution is -2.27. The van der Waals surface area contributed by atoms with Crippen LogP contribution in [0.15, 0.2) is 77.0 Å². The molecule has 0 bridgehead atoms. The van der Waals surface area contributed by atoms with Crippen molar-refractivity contribution in [1.29, 1.82) is 0 Å². The molecule has 1 N–H and O–H groups in total. The molecule has 39 heavy (non-hydrogen) atoms. The predicted octanol–water partition coefficient (Wildman–Crippen LogP) is 6.96. The molecule has 0 spiro atoms. The molecule has 1 aliphatic heterocycles. The molecule has 1 aliphatic carbocycles. The Morgan fingerprint density at radius 1 is 1.00 bits per heavy atom. The van der Waals surface area contributed by atoms with E-state index in [-0.39, 0.29) is 24.3 Å². The first-order valence-corrected chi connectivity index (χ1v) is 13.1. The van der Waals surface area contributed by atoms with Crippen molar-refractivity contribution < 1.29 is 24.1 Å². The van der Waals surface area contributed by atoms with Crippen LogP contribution in [0.3, 0.4) is 0 Å². The maximum absolute atomic E-state index is 13.6. The van der Waals surface area contributed by atoms with Gasteiger partial charge in [-0.2, -0.15) is 0 Å². The summed E-state index contributed by atoms with van der Waals surface area (Å²) in [5.41, 5.74) is 7.50. The molecule has 1 unspecified atom stereocenters. The van der Waals surface area contributed by atoms with E-state index in [1.54, 1.807) is 19.3 Å². The van der Waals surface area contributed by atoms with Crippen LogP contribution in [-0.4, -0.2) is 30.5 Å². The fraction of sp³-hybridized carbons (Fsp3) is 0.273. The average Bonchev–Trinajstić information content (AvgIpc) is 3.38. The van der Waals surface area contributed by atoms with E-state index < -0.39 is 0 Å². The minimum Gasteiger partial charge on any atom is -0.507 e. The molecule has 0 radical (unpaired) electrons. The standard InChI is InChI=1S/C33H33NO5/c1-20-13-21(2)32(22(3)14-20)25-16-27(34-18-24-5-9-26(37-4)10-6-24)33(29(36)17-25)28(35)11-7-23-8-12-30-31(15-23)39-19-38-30/h5-15,25,35H,16-19H2,1-4H3/b11-7+,33-28-,34-27?. The van der Waals surface area contributed by atoms with E-state index in [0.717, 1.165) is 16.9 Å². The van der Waals surface area contributed by atoms with Crippen molar-refractivity contribution in [2.24, 2.45) is 4.99 Å². The second-order valence-electron chi connectivity index (χ2n) is 10.2. The first-order valence-electron chi connectivity index (χ1n) is 13.1. The van der Waals surface area contributed by atoms with Gasteiger partial charge >= 0.3 is 0 Å². The van der Waals surface area contributed by atoms with Crippen molar-refractivity contribution in [3.63, 3.8) is 0 Å². The van der Waals surface area contributed by atoms with E-state index in [9.17, 15) is 9.90 Å². The first-order chi connectivity index (χ1) is 18.8. The van der Waals surface area contributed by atoms with E-state index >= 15 is 0 Å². The molecule has 0 aromatic heterocycles. The van der Waals surface area contributed by atoms with Gasteiger partial charge in [-0.05, 0) is 91.3 Å². The quantitative estimate of drug-likeness (QED) is 0.279. The van der Waals surface area contributed by atoms with E-state index in [0.29, 0.717) is 42.2 Å². The van der Waals surface area contributed by atoms with Crippen LogP contribution in [0, 0.1) is 20.8 Å². The highest BCUT2D eigenvalue weighted by molar-refractivity contribution is 6.25. The number of ether oxygens (including phenoxy) is 3. The summed E-state index contributed by atoms with van der Waals surface area (Å²) in [6.45, 7) is 6.88. The number of aliphatic hydroxyl groups is 1. The van der Waals surface area contributed by atoms with Gasteiger partial charge in [-0.25, -0.2) is 0 Å². The fourth-order valence-electron chi connectivity index (χ4n) is 5.56. The van der Waals surface area contributed by atoms with Crippen LogP contribution in [0.25, 0.3) is 6.08 Å². The van der Waals surface area contributed by atoms with Crippen molar-refractivity contribution in [3.05, 3.63) is 105 Å². The number of methoxy groups -OCH3 is 1. The molecule has 0 amide bonds. The first kappa shape index (κ1) is 26.3. The summed E-state index contributed by atoms with van der Waals surface area (Å²) in [4.78, 5) is 18.5. The van der Waals surface area contributed by atoms with Gasteiger partial charge in [0.15, 0.2) is 17.3 Å². The number of allylic oxidation sites excluding steroid dienone is 2. The van der Waals surface area contributed by atoms with Gasteiger partial charge in [-0.3, -0.25) is 9.79 Å². The average molecular weight is 524 g/mol. The van der Waals surface area contributed by atoms with Gasteiger partial charge in [-0.1, -0.05) is 42.0 Å². The van der Waals surface area contributed by atoms with E-state index in [1.165, 1.54) is 22.3 Å². The number of ketones is 1. The predicted molar refractivity (Wildman–Crippen MR) is 153 cm³/mol. The highest BCUT2D eigenvalue weighted by Gasteiger charge is 2.33. The molecular weight excluding hydrogens is 490 g/mol. The topological polar surface area (TPSA) is 77.4 Å². The molecule has 3 aromatic rings. The van der Waals surface area contributed by atoms with Crippen LogP contribution in [0.2, 0.25) is 0 Å². The minimum atomic E-state index is -0.105. The summed E-state index contributed by atoms with van der Waals surface area (Å²) in [6.07, 6.45) is 4.23. The van der Waals surface area contributed by atoms with Crippen LogP contribution >= 0.6 is 0 Å². The van der Waals surface area contributed by atoms with E-state index in [1.807, 2.05) is 42.5 Å². The Hall–Kier alpha value is -4.32. The Bertz CT molecular complexity index is 1470. The van der Waals surface area contributed by atoms with E-state index in [4.69, 9.17) is 19.2 Å². The van der Waals surface area contributed by atoms with Crippen LogP contribution < -0.4 is 14.2 Å². The second kappa shape index (κ2) is 11.2. The molecule has 1 fully saturated rings. The maximum atomic E-state index is 13.6. The fourth-order valence-corrected chi connectivity index (χ4v) is 5.56. The molecule has 1 heterocycles. The summed E-state index contributed by atoms with van der Waals surface area (Å²) < 4.78 is 16.1. The number of aliphatic imine (C=N–C) groups is 1. The van der Waals surface area contributed by atoms with Gasteiger partial charge in [0.1, 0.15) is 11.5 Å². The molecule has 3 aromatic carbocycles. The smallest absolute Gasteiger partial charge is 0.231 e. The molecule has 6 nitrogen and oxygen atoms in total. The number of carbonyl (C=O) groups is 1. The van der Waals surface area contributed by atoms with Gasteiger partial charge in [-0.15, -0.1) is 0 Å². The highest BCUT2D eigenvalue weighted by atomic mass is 16.7. The van der Waals surface area contributed by atoms with Crippen molar-refractivity contribution in [3.8, 4) is 17.2 Å². The molecular formula is C33H33NO5. The number of carbonyl (C=O) groups excluding carboxylic acids is 1. The Morgan fingerprint density at radius 3 is 2.44 bits per heavy atom. The summed E-state index contributed by atoms with van der Waals surface area (Å²) >= 11 is 0. The SMILES string of the molecule is COc1ccc(CN=C2CC(c3c(C)cc(C)cc3C)CC(=O)/C2=C(O)/C=C/c2ccc3c(c2)OCO3)cc1. The Kier molecular flexibility index (Phi) is 7.55. The number of fused-ring (bicyclic) bond motifs is 1. The van der Waals surface area contributed by atoms with Gasteiger partial charge in [0.25, 0.3) is 0 Å². The third-order valence-corrected chi connectivity index (χ3v) is 7.28. The number of benzene rings is 3. The van der Waals surface area contributed by atoms with Crippen molar-refractivity contribution in [2.75, 3.05) is 13.9 Å². The summed E-state index contributed by atoms with van der Waals surface area (Å²) in [6, 6.07) is 17.6. The zero-order valence-corrected chi connectivity index (χ0v) is 22.8. The molecule has 6 heteroatoms. The number of aryl methyl sites for hydroxylation is 3. The minimum absolute atomic E-state index is 0.00195. The van der Waals surface area contributed by atoms with Crippen molar-refractivity contribution >= 4 is 17.6 Å². The number of hydrogen-bond donors (Lipinski definition) is 1. The summed E-state index contributed by atoms with van der Waals surface area (Å²) in [5.74, 6) is 1.94. The summed E-state index contributed by atoms with van der Waals surface area (Å²) in [7, 11) is 1.63. The monoisotopic (exact) mass is 523 g/mol. The van der Waals surface area contributed by atoms with Gasteiger partial charge < -0.3 is 19.3 Å². The van der Waals surface area contributed by atoms with Crippen molar-refractivity contribution in [2.45, 2.75) is 46.1 Å². The molecule has 1 atom stereocenters. The molecule has 0 saturated heterocycles. The lowest BCUT2D eigenvalue weighted by Gasteiger charge is -2.28. The number of hydrogen-bond acceptors (Lipinski definition) is 6. The summed E-state index contributed by atoms with van der Waals surface area (Å²) in [5, 5.41) is 11.2. The lowest BCUT2D eigenvalue weighted by atomic mass is 9.76. The number of nitrogens with zero attached hydrogens (tertiary/aromatic N) is 1. The molecule has 200 valence electrons. The number of Topliss-reactive ketones (excluding diaryl/α,β-unsaturated/α-hetero) is 1. The number of aliphatic hydroxyl groups excluding tert-OH is 1. The molecule has 2 aliphatic rings. The zero-order chi connectivity index (χ0) is 27.5. The van der Waals surface area contributed by atoms with Gasteiger partial charge in [0.05, 0.1) is 24.9 Å². The third kappa shape index (κ3) is 5.75. The van der Waals surface area contributed by atoms with E-state index in [2.05, 4.69) is 32.9 Å².